The van der Waals surface area contributed by atoms with Crippen molar-refractivity contribution in [2.24, 2.45) is 5.92 Å². The van der Waals surface area contributed by atoms with Crippen molar-refractivity contribution in [2.45, 2.75) is 25.4 Å². The number of hydrogen-bond acceptors (Lipinski definition) is 2. The molecule has 22 heavy (non-hydrogen) atoms. The molecule has 5 heteroatoms. The third-order valence-corrected chi connectivity index (χ3v) is 3.49. The molecule has 1 atom stereocenters. The van der Waals surface area contributed by atoms with Crippen LogP contribution in [0, 0.1) is 5.92 Å². The van der Waals surface area contributed by atoms with Crippen molar-refractivity contribution < 1.29 is 22.8 Å². The molecule has 1 aliphatic rings. The number of rotatable bonds is 4. The van der Waals surface area contributed by atoms with Gasteiger partial charge in [0.2, 0.25) is 0 Å². The van der Waals surface area contributed by atoms with Crippen LogP contribution in [0.3, 0.4) is 0 Å². The lowest BCUT2D eigenvalue weighted by Gasteiger charge is -2.14. The highest BCUT2D eigenvalue weighted by molar-refractivity contribution is 5.99. The molecule has 1 aromatic rings. The summed E-state index contributed by atoms with van der Waals surface area (Å²) in [6, 6.07) is 4.75. The van der Waals surface area contributed by atoms with Crippen molar-refractivity contribution in [3.8, 4) is 0 Å². The van der Waals surface area contributed by atoms with E-state index in [2.05, 4.69) is 0 Å². The number of benzene rings is 1. The minimum atomic E-state index is -4.41. The van der Waals surface area contributed by atoms with Crippen molar-refractivity contribution in [1.29, 1.82) is 0 Å². The Morgan fingerprint density at radius 3 is 2.77 bits per heavy atom. The van der Waals surface area contributed by atoms with Gasteiger partial charge in [-0.1, -0.05) is 24.3 Å². The average molecular weight is 308 g/mol. The van der Waals surface area contributed by atoms with Crippen molar-refractivity contribution in [3.63, 3.8) is 0 Å². The SMILES string of the molecule is O=C(C=Cc1cccc(C(F)(F)F)c1)CC1CCC=CC1=O. The van der Waals surface area contributed by atoms with E-state index in [4.69, 9.17) is 0 Å². The van der Waals surface area contributed by atoms with E-state index in [0.29, 0.717) is 12.0 Å². The van der Waals surface area contributed by atoms with Gasteiger partial charge in [0.05, 0.1) is 5.56 Å². The van der Waals surface area contributed by atoms with Crippen molar-refractivity contribution in [1.82, 2.24) is 0 Å². The number of carbonyl (C=O) groups is 2. The zero-order valence-electron chi connectivity index (χ0n) is 11.8. The molecule has 0 amide bonds. The number of halogens is 3. The van der Waals surface area contributed by atoms with Gasteiger partial charge in [0.1, 0.15) is 0 Å². The van der Waals surface area contributed by atoms with Crippen LogP contribution in [0.15, 0.2) is 42.5 Å². The summed E-state index contributed by atoms with van der Waals surface area (Å²) in [4.78, 5) is 23.4. The summed E-state index contributed by atoms with van der Waals surface area (Å²) < 4.78 is 37.8. The predicted molar refractivity (Wildman–Crippen MR) is 77.0 cm³/mol. The molecule has 0 saturated carbocycles. The molecule has 0 saturated heterocycles. The van der Waals surface area contributed by atoms with Gasteiger partial charge >= 0.3 is 6.18 Å². The first-order valence-corrected chi connectivity index (χ1v) is 6.95. The van der Waals surface area contributed by atoms with Crippen LogP contribution < -0.4 is 0 Å². The summed E-state index contributed by atoms with van der Waals surface area (Å²) in [5.41, 5.74) is -0.451. The van der Waals surface area contributed by atoms with Gasteiger partial charge in [-0.2, -0.15) is 13.2 Å². The van der Waals surface area contributed by atoms with Crippen LogP contribution in [-0.4, -0.2) is 11.6 Å². The van der Waals surface area contributed by atoms with Crippen LogP contribution in [0.4, 0.5) is 13.2 Å². The van der Waals surface area contributed by atoms with Crippen molar-refractivity contribution in [2.75, 3.05) is 0 Å². The van der Waals surface area contributed by atoms with Crippen molar-refractivity contribution in [3.05, 3.63) is 53.6 Å². The van der Waals surface area contributed by atoms with Gasteiger partial charge < -0.3 is 0 Å². The van der Waals surface area contributed by atoms with Crippen LogP contribution in [0.2, 0.25) is 0 Å². The van der Waals surface area contributed by atoms with Crippen LogP contribution in [0.25, 0.3) is 6.08 Å². The van der Waals surface area contributed by atoms with E-state index in [1.54, 1.807) is 6.08 Å². The van der Waals surface area contributed by atoms with Gasteiger partial charge in [0.25, 0.3) is 0 Å². The van der Waals surface area contributed by atoms with Crippen LogP contribution in [0.5, 0.6) is 0 Å². The second-order valence-electron chi connectivity index (χ2n) is 5.21. The Labute approximate surface area is 126 Å². The first kappa shape index (κ1) is 16.2. The molecule has 0 spiro atoms. The highest BCUT2D eigenvalue weighted by atomic mass is 19.4. The molecule has 1 aliphatic carbocycles. The molecule has 0 aromatic heterocycles. The largest absolute Gasteiger partial charge is 0.416 e. The van der Waals surface area contributed by atoms with E-state index >= 15 is 0 Å². The van der Waals surface area contributed by atoms with Crippen LogP contribution >= 0.6 is 0 Å². The number of carbonyl (C=O) groups excluding carboxylic acids is 2. The molecule has 0 aliphatic heterocycles. The smallest absolute Gasteiger partial charge is 0.295 e. The summed E-state index contributed by atoms with van der Waals surface area (Å²) in [7, 11) is 0. The third-order valence-electron chi connectivity index (χ3n) is 3.49. The first-order chi connectivity index (χ1) is 10.4. The molecule has 0 bridgehead atoms. The lowest BCUT2D eigenvalue weighted by Crippen LogP contribution is -2.18. The van der Waals surface area contributed by atoms with E-state index < -0.39 is 11.7 Å². The standard InChI is InChI=1S/C17H15F3O2/c18-17(19,20)14-6-3-4-12(10-14)8-9-15(21)11-13-5-1-2-7-16(13)22/h2-4,6-10,13H,1,5,11H2. The molecule has 0 heterocycles. The van der Waals surface area contributed by atoms with E-state index in [0.717, 1.165) is 18.6 Å². The molecule has 2 rings (SSSR count). The maximum Gasteiger partial charge on any atom is 0.416 e. The Morgan fingerprint density at radius 2 is 2.09 bits per heavy atom. The molecule has 0 radical (unpaired) electrons. The molecule has 0 N–H and O–H groups in total. The molecule has 2 nitrogen and oxygen atoms in total. The number of hydrogen-bond donors (Lipinski definition) is 0. The van der Waals surface area contributed by atoms with Gasteiger partial charge in [0.15, 0.2) is 11.6 Å². The Bertz CT molecular complexity index is 627. The zero-order chi connectivity index (χ0) is 16.2. The Balaban J connectivity index is 2.01. The lowest BCUT2D eigenvalue weighted by molar-refractivity contribution is -0.137. The third kappa shape index (κ3) is 4.41. The molecule has 116 valence electrons. The molecular weight excluding hydrogens is 293 g/mol. The molecular formula is C17H15F3O2. The van der Waals surface area contributed by atoms with E-state index in [1.807, 2.05) is 0 Å². The lowest BCUT2D eigenvalue weighted by atomic mass is 9.88. The van der Waals surface area contributed by atoms with Gasteiger partial charge in [-0.15, -0.1) is 0 Å². The fourth-order valence-electron chi connectivity index (χ4n) is 2.30. The van der Waals surface area contributed by atoms with E-state index in [-0.39, 0.29) is 23.9 Å². The summed E-state index contributed by atoms with van der Waals surface area (Å²) in [5, 5.41) is 0. The first-order valence-electron chi connectivity index (χ1n) is 6.95. The number of alkyl halides is 3. The monoisotopic (exact) mass is 308 g/mol. The quantitative estimate of drug-likeness (QED) is 0.781. The van der Waals surface area contributed by atoms with E-state index in [1.165, 1.54) is 30.4 Å². The second-order valence-corrected chi connectivity index (χ2v) is 5.21. The molecule has 0 fully saturated rings. The predicted octanol–water partition coefficient (Wildman–Crippen LogP) is 4.21. The minimum absolute atomic E-state index is 0.0629. The fourth-order valence-corrected chi connectivity index (χ4v) is 2.30. The Hall–Kier alpha value is -2.17. The Kier molecular flexibility index (Phi) is 4.96. The normalized spacial score (nSPS) is 18.9. The minimum Gasteiger partial charge on any atom is -0.295 e. The maximum absolute atomic E-state index is 12.6. The second kappa shape index (κ2) is 6.73. The zero-order valence-corrected chi connectivity index (χ0v) is 11.8. The number of ketones is 2. The van der Waals surface area contributed by atoms with Gasteiger partial charge in [-0.05, 0) is 42.7 Å². The summed E-state index contributed by atoms with van der Waals surface area (Å²) in [6.07, 6.45) is 2.94. The topological polar surface area (TPSA) is 34.1 Å². The van der Waals surface area contributed by atoms with Gasteiger partial charge in [-0.25, -0.2) is 0 Å². The van der Waals surface area contributed by atoms with Gasteiger partial charge in [0, 0.05) is 12.3 Å². The number of allylic oxidation sites excluding steroid dienone is 3. The fraction of sp³-hybridized carbons (Fsp3) is 0.294. The van der Waals surface area contributed by atoms with Crippen LogP contribution in [0.1, 0.15) is 30.4 Å². The maximum atomic E-state index is 12.6. The summed E-state index contributed by atoms with van der Waals surface area (Å²) in [5.74, 6) is -0.637. The summed E-state index contributed by atoms with van der Waals surface area (Å²) >= 11 is 0. The highest BCUT2D eigenvalue weighted by Gasteiger charge is 2.30. The van der Waals surface area contributed by atoms with Gasteiger partial charge in [-0.3, -0.25) is 9.59 Å². The van der Waals surface area contributed by atoms with Crippen molar-refractivity contribution >= 4 is 17.6 Å². The molecule has 1 aromatic carbocycles. The molecule has 1 unspecified atom stereocenters. The van der Waals surface area contributed by atoms with Crippen LogP contribution in [-0.2, 0) is 15.8 Å². The Morgan fingerprint density at radius 1 is 1.32 bits per heavy atom. The highest BCUT2D eigenvalue weighted by Crippen LogP contribution is 2.29. The summed E-state index contributed by atoms with van der Waals surface area (Å²) in [6.45, 7) is 0. The average Bonchev–Trinajstić information content (AvgIpc) is 2.47. The van der Waals surface area contributed by atoms with E-state index in [9.17, 15) is 22.8 Å².